The third kappa shape index (κ3) is 0.992. The van der Waals surface area contributed by atoms with E-state index in [1.54, 1.807) is 12.3 Å². The lowest BCUT2D eigenvalue weighted by molar-refractivity contribution is -0.137. The monoisotopic (exact) mass is 227 g/mol. The summed E-state index contributed by atoms with van der Waals surface area (Å²) < 4.78 is 2.72. The average molecular weight is 228 g/mol. The molecule has 0 fully saturated rings. The quantitative estimate of drug-likeness (QED) is 0.797. The fraction of sp³-hybridized carbons (Fsp3) is 0.125. The van der Waals surface area contributed by atoms with Crippen LogP contribution >= 0.6 is 15.9 Å². The second kappa shape index (κ2) is 2.48. The van der Waals surface area contributed by atoms with Crippen LogP contribution in [-0.4, -0.2) is 15.6 Å². The molecule has 1 atom stereocenters. The smallest absolute Gasteiger partial charge is 0.316 e. The van der Waals surface area contributed by atoms with Crippen LogP contribution in [0.15, 0.2) is 22.8 Å². The summed E-state index contributed by atoms with van der Waals surface area (Å²) in [6.45, 7) is 0. The van der Waals surface area contributed by atoms with Gasteiger partial charge in [0.05, 0.1) is 0 Å². The maximum atomic E-state index is 10.7. The van der Waals surface area contributed by atoms with Crippen molar-refractivity contribution in [3.8, 4) is 0 Å². The minimum Gasteiger partial charge on any atom is -0.481 e. The zero-order valence-corrected chi connectivity index (χ0v) is 7.65. The molecule has 0 aliphatic carbocycles. The summed E-state index contributed by atoms with van der Waals surface area (Å²) in [5, 5.41) is 8.79. The van der Waals surface area contributed by atoms with E-state index in [4.69, 9.17) is 5.11 Å². The SMILES string of the molecule is O=C(O)C1C=Cn2cc(Br)cc21. The van der Waals surface area contributed by atoms with Crippen LogP contribution < -0.4 is 0 Å². The van der Waals surface area contributed by atoms with Gasteiger partial charge in [0.15, 0.2) is 0 Å². The van der Waals surface area contributed by atoms with E-state index in [0.29, 0.717) is 0 Å². The first-order valence-corrected chi connectivity index (χ1v) is 4.26. The number of fused-ring (bicyclic) bond motifs is 1. The Hall–Kier alpha value is -1.03. The maximum Gasteiger partial charge on any atom is 0.316 e. The van der Waals surface area contributed by atoms with Crippen molar-refractivity contribution in [2.24, 2.45) is 0 Å². The van der Waals surface area contributed by atoms with E-state index in [0.717, 1.165) is 10.2 Å². The highest BCUT2D eigenvalue weighted by atomic mass is 79.9. The van der Waals surface area contributed by atoms with Gasteiger partial charge in [0, 0.05) is 22.6 Å². The number of halogens is 1. The van der Waals surface area contributed by atoms with Crippen molar-refractivity contribution < 1.29 is 9.90 Å². The molecular formula is C8H6BrNO2. The number of rotatable bonds is 1. The summed E-state index contributed by atoms with van der Waals surface area (Å²) in [6.07, 6.45) is 5.28. The summed E-state index contributed by atoms with van der Waals surface area (Å²) in [5.41, 5.74) is 0.800. The van der Waals surface area contributed by atoms with Gasteiger partial charge in [-0.3, -0.25) is 4.79 Å². The highest BCUT2D eigenvalue weighted by molar-refractivity contribution is 9.10. The average Bonchev–Trinajstić information content (AvgIpc) is 2.43. The van der Waals surface area contributed by atoms with Crippen molar-refractivity contribution in [1.29, 1.82) is 0 Å². The third-order valence-electron chi connectivity index (χ3n) is 1.87. The summed E-state index contributed by atoms with van der Waals surface area (Å²) in [6, 6.07) is 1.82. The molecule has 1 aromatic rings. The Bertz CT molecular complexity index is 367. The first kappa shape index (κ1) is 7.61. The Kier molecular flexibility index (Phi) is 1.58. The highest BCUT2D eigenvalue weighted by Crippen LogP contribution is 2.28. The van der Waals surface area contributed by atoms with Crippen molar-refractivity contribution in [3.63, 3.8) is 0 Å². The molecule has 1 N–H and O–H groups in total. The highest BCUT2D eigenvalue weighted by Gasteiger charge is 2.24. The van der Waals surface area contributed by atoms with Crippen LogP contribution in [0.25, 0.3) is 6.20 Å². The van der Waals surface area contributed by atoms with Crippen molar-refractivity contribution in [2.45, 2.75) is 5.92 Å². The lowest BCUT2D eigenvalue weighted by Crippen LogP contribution is -2.07. The van der Waals surface area contributed by atoms with E-state index in [1.807, 2.05) is 16.8 Å². The van der Waals surface area contributed by atoms with E-state index in [2.05, 4.69) is 15.9 Å². The first-order chi connectivity index (χ1) is 5.68. The number of aliphatic carboxylic acids is 1. The van der Waals surface area contributed by atoms with Crippen molar-refractivity contribution in [3.05, 3.63) is 28.5 Å². The van der Waals surface area contributed by atoms with E-state index in [1.165, 1.54) is 0 Å². The van der Waals surface area contributed by atoms with Crippen LogP contribution in [-0.2, 0) is 4.79 Å². The van der Waals surface area contributed by atoms with Gasteiger partial charge in [0.2, 0.25) is 0 Å². The molecule has 0 aromatic carbocycles. The van der Waals surface area contributed by atoms with Crippen molar-refractivity contribution in [2.75, 3.05) is 0 Å². The largest absolute Gasteiger partial charge is 0.481 e. The van der Waals surface area contributed by atoms with E-state index in [9.17, 15) is 4.79 Å². The van der Waals surface area contributed by atoms with Crippen LogP contribution in [0.2, 0.25) is 0 Å². The molecule has 1 unspecified atom stereocenters. The van der Waals surface area contributed by atoms with Gasteiger partial charge in [-0.1, -0.05) is 0 Å². The Morgan fingerprint density at radius 3 is 3.08 bits per heavy atom. The Balaban J connectivity index is 2.48. The summed E-state index contributed by atoms with van der Waals surface area (Å²) in [7, 11) is 0. The summed E-state index contributed by atoms with van der Waals surface area (Å²) in [4.78, 5) is 10.7. The van der Waals surface area contributed by atoms with Crippen LogP contribution in [0.1, 0.15) is 11.6 Å². The number of hydrogen-bond donors (Lipinski definition) is 1. The van der Waals surface area contributed by atoms with Crippen molar-refractivity contribution in [1.82, 2.24) is 4.57 Å². The lowest BCUT2D eigenvalue weighted by atomic mass is 10.1. The number of carbonyl (C=O) groups is 1. The Labute approximate surface area is 77.4 Å². The fourth-order valence-corrected chi connectivity index (χ4v) is 1.78. The second-order valence-electron chi connectivity index (χ2n) is 2.65. The Morgan fingerprint density at radius 2 is 2.42 bits per heavy atom. The molecule has 0 bridgehead atoms. The van der Waals surface area contributed by atoms with Gasteiger partial charge in [0.1, 0.15) is 5.92 Å². The molecule has 1 aromatic heterocycles. The number of hydrogen-bond acceptors (Lipinski definition) is 1. The standard InChI is InChI=1S/C8H6BrNO2/c9-5-3-7-6(8(11)12)1-2-10(7)4-5/h1-4,6H,(H,11,12). The van der Waals surface area contributed by atoms with Gasteiger partial charge >= 0.3 is 5.97 Å². The van der Waals surface area contributed by atoms with E-state index >= 15 is 0 Å². The van der Waals surface area contributed by atoms with Crippen LogP contribution in [0.4, 0.5) is 0 Å². The molecular weight excluding hydrogens is 222 g/mol. The second-order valence-corrected chi connectivity index (χ2v) is 3.56. The lowest BCUT2D eigenvalue weighted by Gasteiger charge is -2.00. The van der Waals surface area contributed by atoms with Gasteiger partial charge in [-0.15, -0.1) is 0 Å². The molecule has 12 heavy (non-hydrogen) atoms. The number of aromatic nitrogens is 1. The molecule has 4 heteroatoms. The van der Waals surface area contributed by atoms with Gasteiger partial charge in [0.25, 0.3) is 0 Å². The van der Waals surface area contributed by atoms with Crippen LogP contribution in [0, 0.1) is 0 Å². The molecule has 0 saturated carbocycles. The van der Waals surface area contributed by atoms with E-state index in [-0.39, 0.29) is 0 Å². The summed E-state index contributed by atoms with van der Waals surface area (Å²) in [5.74, 6) is -1.30. The number of nitrogens with zero attached hydrogens (tertiary/aromatic N) is 1. The molecule has 0 radical (unpaired) electrons. The zero-order chi connectivity index (χ0) is 8.72. The molecule has 0 amide bonds. The van der Waals surface area contributed by atoms with E-state index < -0.39 is 11.9 Å². The minimum absolute atomic E-state index is 0.490. The van der Waals surface area contributed by atoms with Crippen LogP contribution in [0.5, 0.6) is 0 Å². The van der Waals surface area contributed by atoms with Crippen LogP contribution in [0.3, 0.4) is 0 Å². The van der Waals surface area contributed by atoms with Crippen molar-refractivity contribution >= 4 is 28.1 Å². The van der Waals surface area contributed by atoms with Gasteiger partial charge < -0.3 is 9.67 Å². The van der Waals surface area contributed by atoms with Gasteiger partial charge in [-0.25, -0.2) is 0 Å². The molecule has 3 nitrogen and oxygen atoms in total. The maximum absolute atomic E-state index is 10.7. The predicted octanol–water partition coefficient (Wildman–Crippen LogP) is 1.90. The normalized spacial score (nSPS) is 19.6. The van der Waals surface area contributed by atoms with Gasteiger partial charge in [-0.2, -0.15) is 0 Å². The minimum atomic E-state index is -0.810. The summed E-state index contributed by atoms with van der Waals surface area (Å²) >= 11 is 3.29. The molecule has 2 heterocycles. The molecule has 62 valence electrons. The first-order valence-electron chi connectivity index (χ1n) is 3.47. The fourth-order valence-electron chi connectivity index (χ4n) is 1.33. The van der Waals surface area contributed by atoms with Gasteiger partial charge in [-0.05, 0) is 28.1 Å². The predicted molar refractivity (Wildman–Crippen MR) is 47.8 cm³/mol. The third-order valence-corrected chi connectivity index (χ3v) is 2.30. The molecule has 1 aliphatic rings. The number of carboxylic acids is 1. The Morgan fingerprint density at radius 1 is 1.67 bits per heavy atom. The molecule has 0 saturated heterocycles. The number of carboxylic acid groups (broad SMARTS) is 1. The zero-order valence-electron chi connectivity index (χ0n) is 6.07. The molecule has 0 spiro atoms. The molecule has 2 rings (SSSR count). The topological polar surface area (TPSA) is 42.2 Å². The molecule has 1 aliphatic heterocycles.